The number of aromatic nitrogens is 1. The van der Waals surface area contributed by atoms with Gasteiger partial charge in [-0.05, 0) is 38.1 Å². The van der Waals surface area contributed by atoms with Gasteiger partial charge in [-0.15, -0.1) is 35.3 Å². The second-order valence-corrected chi connectivity index (χ2v) is 6.80. The minimum Gasteiger partial charge on any atom is -0.497 e. The normalized spacial score (nSPS) is 10.8. The molecule has 0 spiro atoms. The van der Waals surface area contributed by atoms with Gasteiger partial charge in [0, 0.05) is 24.7 Å². The molecule has 1 N–H and O–H groups in total. The lowest BCUT2D eigenvalue weighted by atomic mass is 10.3. The second kappa shape index (κ2) is 11.9. The molecule has 0 bridgehead atoms. The van der Waals surface area contributed by atoms with Crippen molar-refractivity contribution in [1.29, 1.82) is 0 Å². The third-order valence-corrected chi connectivity index (χ3v) is 4.38. The molecule has 1 aromatic heterocycles. The summed E-state index contributed by atoms with van der Waals surface area (Å²) in [5.74, 6) is 2.51. The number of methoxy groups -OCH3 is 1. The van der Waals surface area contributed by atoms with E-state index in [0.29, 0.717) is 13.2 Å². The summed E-state index contributed by atoms with van der Waals surface area (Å²) in [6, 6.07) is 7.59. The third kappa shape index (κ3) is 7.36. The van der Waals surface area contributed by atoms with Crippen LogP contribution in [0.3, 0.4) is 0 Å². The van der Waals surface area contributed by atoms with Crippen LogP contribution < -0.4 is 14.8 Å². The number of likely N-dealkylation sites (N-methyl/N-ethyl adjacent to an activating group) is 1. The third-order valence-electron chi connectivity index (χ3n) is 3.48. The van der Waals surface area contributed by atoms with Crippen molar-refractivity contribution in [2.45, 2.75) is 20.4 Å². The molecule has 0 radical (unpaired) electrons. The highest BCUT2D eigenvalue weighted by atomic mass is 127. The number of halogens is 1. The Morgan fingerprint density at radius 2 is 1.96 bits per heavy atom. The molecule has 1 heterocycles. The number of aryl methyl sites for hydroxylation is 1. The number of ether oxygens (including phenoxy) is 2. The predicted octanol–water partition coefficient (Wildman–Crippen LogP) is 3.55. The van der Waals surface area contributed by atoms with Gasteiger partial charge in [0.15, 0.2) is 5.96 Å². The van der Waals surface area contributed by atoms with Crippen LogP contribution in [0.15, 0.2) is 35.5 Å². The van der Waals surface area contributed by atoms with E-state index < -0.39 is 0 Å². The zero-order valence-corrected chi connectivity index (χ0v) is 18.8. The fraction of sp³-hybridized carbons (Fsp3) is 0.444. The van der Waals surface area contributed by atoms with E-state index in [2.05, 4.69) is 34.0 Å². The van der Waals surface area contributed by atoms with Crippen LogP contribution in [-0.2, 0) is 6.54 Å². The Morgan fingerprint density at radius 3 is 2.54 bits per heavy atom. The van der Waals surface area contributed by atoms with Crippen molar-refractivity contribution in [2.75, 3.05) is 33.9 Å². The van der Waals surface area contributed by atoms with Crippen LogP contribution >= 0.6 is 35.3 Å². The first-order chi connectivity index (χ1) is 12.1. The fourth-order valence-corrected chi connectivity index (χ4v) is 2.88. The van der Waals surface area contributed by atoms with Gasteiger partial charge in [0.2, 0.25) is 0 Å². The zero-order chi connectivity index (χ0) is 18.1. The summed E-state index contributed by atoms with van der Waals surface area (Å²) >= 11 is 1.68. The summed E-state index contributed by atoms with van der Waals surface area (Å²) in [5.41, 5.74) is 0. The monoisotopic (exact) mass is 490 g/mol. The van der Waals surface area contributed by atoms with Gasteiger partial charge in [0.1, 0.15) is 23.1 Å². The molecule has 26 heavy (non-hydrogen) atoms. The second-order valence-electron chi connectivity index (χ2n) is 5.48. The number of thiazole rings is 1. The minimum atomic E-state index is 0. The summed E-state index contributed by atoms with van der Waals surface area (Å²) in [6.07, 6.45) is 1.88. The number of nitrogens with one attached hydrogen (secondary N) is 1. The lowest BCUT2D eigenvalue weighted by molar-refractivity contribution is 0.281. The number of rotatable bonds is 8. The van der Waals surface area contributed by atoms with Crippen molar-refractivity contribution in [3.63, 3.8) is 0 Å². The van der Waals surface area contributed by atoms with E-state index in [0.717, 1.165) is 35.6 Å². The standard InChI is InChI=1S/C18H26N4O2S.HI/c1-5-19-18(21-13-17-20-12-14(2)25-17)22(3)10-11-24-16-8-6-15(23-4)7-9-16;/h6-9,12H,5,10-11,13H2,1-4H3,(H,19,21);1H. The Kier molecular flexibility index (Phi) is 10.3. The van der Waals surface area contributed by atoms with Gasteiger partial charge in [0.25, 0.3) is 0 Å². The summed E-state index contributed by atoms with van der Waals surface area (Å²) in [6.45, 7) is 6.83. The first-order valence-corrected chi connectivity index (χ1v) is 9.11. The first-order valence-electron chi connectivity index (χ1n) is 8.30. The first kappa shape index (κ1) is 22.5. The topological polar surface area (TPSA) is 59.0 Å². The highest BCUT2D eigenvalue weighted by Gasteiger charge is 2.07. The maximum Gasteiger partial charge on any atom is 0.194 e. The summed E-state index contributed by atoms with van der Waals surface area (Å²) in [7, 11) is 3.66. The number of aliphatic imine (C=N–C) groups is 1. The Hall–Kier alpha value is -1.55. The van der Waals surface area contributed by atoms with Crippen LogP contribution in [-0.4, -0.2) is 49.7 Å². The molecule has 2 aromatic rings. The van der Waals surface area contributed by atoms with Crippen molar-refractivity contribution < 1.29 is 9.47 Å². The van der Waals surface area contributed by atoms with E-state index in [1.807, 2.05) is 37.5 Å². The molecule has 6 nitrogen and oxygen atoms in total. The average Bonchev–Trinajstić information content (AvgIpc) is 3.04. The highest BCUT2D eigenvalue weighted by molar-refractivity contribution is 14.0. The van der Waals surface area contributed by atoms with Crippen molar-refractivity contribution in [3.05, 3.63) is 40.3 Å². The van der Waals surface area contributed by atoms with Gasteiger partial charge in [0.05, 0.1) is 20.2 Å². The van der Waals surface area contributed by atoms with Crippen molar-refractivity contribution in [1.82, 2.24) is 15.2 Å². The quantitative estimate of drug-likeness (QED) is 0.349. The molecule has 0 unspecified atom stereocenters. The number of hydrogen-bond acceptors (Lipinski definition) is 5. The molecular weight excluding hydrogens is 463 g/mol. The summed E-state index contributed by atoms with van der Waals surface area (Å²) in [4.78, 5) is 12.3. The van der Waals surface area contributed by atoms with Crippen LogP contribution in [0.5, 0.6) is 11.5 Å². The molecule has 0 aliphatic rings. The molecule has 0 aliphatic carbocycles. The summed E-state index contributed by atoms with van der Waals surface area (Å²) in [5, 5.41) is 4.33. The largest absolute Gasteiger partial charge is 0.497 e. The van der Waals surface area contributed by atoms with Gasteiger partial charge in [-0.2, -0.15) is 0 Å². The van der Waals surface area contributed by atoms with E-state index in [9.17, 15) is 0 Å². The van der Waals surface area contributed by atoms with Crippen molar-refractivity contribution in [3.8, 4) is 11.5 Å². The Bertz CT molecular complexity index is 676. The van der Waals surface area contributed by atoms with Gasteiger partial charge < -0.3 is 19.7 Å². The molecule has 2 rings (SSSR count). The zero-order valence-electron chi connectivity index (χ0n) is 15.7. The number of nitrogens with zero attached hydrogens (tertiary/aromatic N) is 3. The molecule has 8 heteroatoms. The SMILES string of the molecule is CCNC(=NCc1ncc(C)s1)N(C)CCOc1ccc(OC)cc1.I. The minimum absolute atomic E-state index is 0. The van der Waals surface area contributed by atoms with E-state index in [1.165, 1.54) is 4.88 Å². The molecule has 144 valence electrons. The predicted molar refractivity (Wildman–Crippen MR) is 118 cm³/mol. The van der Waals surface area contributed by atoms with Gasteiger partial charge in [-0.25, -0.2) is 9.98 Å². The van der Waals surface area contributed by atoms with Crippen LogP contribution in [0.25, 0.3) is 0 Å². The van der Waals surface area contributed by atoms with Crippen LogP contribution in [0.1, 0.15) is 16.8 Å². The maximum atomic E-state index is 5.78. The molecule has 0 saturated heterocycles. The Morgan fingerprint density at radius 1 is 1.27 bits per heavy atom. The fourth-order valence-electron chi connectivity index (χ4n) is 2.17. The summed E-state index contributed by atoms with van der Waals surface area (Å²) < 4.78 is 10.9. The lowest BCUT2D eigenvalue weighted by Crippen LogP contribution is -2.40. The number of hydrogen-bond donors (Lipinski definition) is 1. The van der Waals surface area contributed by atoms with Crippen LogP contribution in [0.2, 0.25) is 0 Å². The van der Waals surface area contributed by atoms with E-state index >= 15 is 0 Å². The molecular formula is C18H27IN4O2S. The van der Waals surface area contributed by atoms with Gasteiger partial charge in [-0.1, -0.05) is 0 Å². The van der Waals surface area contributed by atoms with Gasteiger partial charge in [-0.3, -0.25) is 0 Å². The molecule has 0 amide bonds. The lowest BCUT2D eigenvalue weighted by Gasteiger charge is -2.22. The maximum absolute atomic E-state index is 5.78. The number of guanidine groups is 1. The van der Waals surface area contributed by atoms with Crippen LogP contribution in [0.4, 0.5) is 0 Å². The molecule has 0 atom stereocenters. The molecule has 1 aromatic carbocycles. The van der Waals surface area contributed by atoms with Gasteiger partial charge >= 0.3 is 0 Å². The smallest absolute Gasteiger partial charge is 0.194 e. The van der Waals surface area contributed by atoms with Crippen molar-refractivity contribution >= 4 is 41.3 Å². The Balaban J connectivity index is 0.00000338. The average molecular weight is 490 g/mol. The molecule has 0 saturated carbocycles. The molecule has 0 aliphatic heterocycles. The van der Waals surface area contributed by atoms with Crippen LogP contribution in [0, 0.1) is 6.92 Å². The van der Waals surface area contributed by atoms with E-state index in [1.54, 1.807) is 18.4 Å². The van der Waals surface area contributed by atoms with E-state index in [4.69, 9.17) is 9.47 Å². The number of benzene rings is 1. The highest BCUT2D eigenvalue weighted by Crippen LogP contribution is 2.17. The van der Waals surface area contributed by atoms with E-state index in [-0.39, 0.29) is 24.0 Å². The van der Waals surface area contributed by atoms with Crippen molar-refractivity contribution in [2.24, 2.45) is 4.99 Å². The molecule has 0 fully saturated rings. The Labute approximate surface area is 176 Å².